The maximum Gasteiger partial charge on any atom is 0.318 e. The van der Waals surface area contributed by atoms with E-state index in [0.29, 0.717) is 19.5 Å². The number of carbonyl (C=O) groups excluding carboxylic acids is 1. The van der Waals surface area contributed by atoms with Gasteiger partial charge in [-0.25, -0.2) is 19.2 Å². The molecule has 2 N–H and O–H groups in total. The molecular weight excluding hydrogens is 389 g/mol. The fourth-order valence-corrected chi connectivity index (χ4v) is 4.49. The zero-order chi connectivity index (χ0) is 20.7. The summed E-state index contributed by atoms with van der Waals surface area (Å²) in [6, 6.07) is 0.958. The molecule has 1 aromatic rings. The lowest BCUT2D eigenvalue weighted by atomic mass is 10.1. The number of amidine groups is 1. The fourth-order valence-electron chi connectivity index (χ4n) is 4.49. The van der Waals surface area contributed by atoms with E-state index >= 15 is 0 Å². The van der Waals surface area contributed by atoms with Crippen molar-refractivity contribution >= 4 is 18.1 Å². The Morgan fingerprint density at radius 3 is 2.97 bits per heavy atom. The van der Waals surface area contributed by atoms with Gasteiger partial charge in [-0.1, -0.05) is 0 Å². The Morgan fingerprint density at radius 1 is 1.27 bits per heavy atom. The number of halogens is 1. The number of aromatic nitrogens is 1. The summed E-state index contributed by atoms with van der Waals surface area (Å²) < 4.78 is 13.7. The van der Waals surface area contributed by atoms with E-state index in [1.165, 1.54) is 12.3 Å². The van der Waals surface area contributed by atoms with Crippen LogP contribution in [0.3, 0.4) is 0 Å². The van der Waals surface area contributed by atoms with Gasteiger partial charge in [0.1, 0.15) is 17.7 Å². The molecule has 0 aliphatic carbocycles. The number of pyridine rings is 1. The second kappa shape index (κ2) is 7.67. The third-order valence-corrected chi connectivity index (χ3v) is 5.99. The first-order valence-electron chi connectivity index (χ1n) is 10.3. The average molecular weight is 413 g/mol. The maximum absolute atomic E-state index is 13.7. The topological polar surface area (TPSA) is 96.7 Å². The van der Waals surface area contributed by atoms with Crippen molar-refractivity contribution in [2.75, 3.05) is 19.6 Å². The number of likely N-dealkylation sites (tertiary alicyclic amines) is 2. The molecular formula is C20H24FN7O2. The third-order valence-electron chi connectivity index (χ3n) is 5.99. The molecule has 5 rings (SSSR count). The van der Waals surface area contributed by atoms with Crippen molar-refractivity contribution in [3.63, 3.8) is 0 Å². The van der Waals surface area contributed by atoms with Gasteiger partial charge in [0, 0.05) is 32.0 Å². The minimum atomic E-state index is -0.462. The number of hydrogen-bond donors (Lipinski definition) is 2. The van der Waals surface area contributed by atoms with Crippen LogP contribution in [0.2, 0.25) is 0 Å². The number of β-amino-alcohol motifs (C(OH)–C–C–N with tert-alkyl or cyclic N) is 1. The van der Waals surface area contributed by atoms with Gasteiger partial charge in [-0.15, -0.1) is 0 Å². The molecule has 0 radical (unpaired) electrons. The zero-order valence-electron chi connectivity index (χ0n) is 16.4. The van der Waals surface area contributed by atoms with E-state index in [-0.39, 0.29) is 30.1 Å². The number of amides is 2. The van der Waals surface area contributed by atoms with Crippen molar-refractivity contribution in [1.29, 1.82) is 0 Å². The maximum atomic E-state index is 13.7. The molecule has 4 atom stereocenters. The van der Waals surface area contributed by atoms with E-state index in [1.807, 2.05) is 12.3 Å². The summed E-state index contributed by atoms with van der Waals surface area (Å²) in [5, 5.41) is 18.7. The molecule has 5 heterocycles. The highest BCUT2D eigenvalue weighted by Crippen LogP contribution is 2.33. The second-order valence-corrected chi connectivity index (χ2v) is 8.01. The van der Waals surface area contributed by atoms with Crippen LogP contribution in [0.25, 0.3) is 0 Å². The first-order chi connectivity index (χ1) is 14.6. The Labute approximate surface area is 173 Å². The van der Waals surface area contributed by atoms with Crippen molar-refractivity contribution in [2.45, 2.75) is 43.6 Å². The number of carbonyl (C=O) groups is 1. The Morgan fingerprint density at radius 2 is 2.17 bits per heavy atom. The zero-order valence-corrected chi connectivity index (χ0v) is 16.4. The molecule has 2 amide bonds. The molecule has 30 heavy (non-hydrogen) atoms. The lowest BCUT2D eigenvalue weighted by Crippen LogP contribution is -2.51. The molecule has 0 bridgehead atoms. The molecule has 2 fully saturated rings. The molecule has 4 aliphatic rings. The van der Waals surface area contributed by atoms with Crippen molar-refractivity contribution in [3.8, 4) is 0 Å². The van der Waals surface area contributed by atoms with Crippen LogP contribution in [0.15, 0.2) is 40.8 Å². The molecule has 2 unspecified atom stereocenters. The molecule has 0 spiro atoms. The number of hydrazone groups is 1. The smallest absolute Gasteiger partial charge is 0.318 e. The van der Waals surface area contributed by atoms with Gasteiger partial charge < -0.3 is 20.2 Å². The number of rotatable bonds is 2. The van der Waals surface area contributed by atoms with E-state index in [4.69, 9.17) is 4.99 Å². The Bertz CT molecular complexity index is 920. The lowest BCUT2D eigenvalue weighted by molar-refractivity contribution is 0.169. The number of nitrogens with zero attached hydrogens (tertiary/aromatic N) is 6. The average Bonchev–Trinajstić information content (AvgIpc) is 3.47. The van der Waals surface area contributed by atoms with Crippen LogP contribution < -0.4 is 5.32 Å². The van der Waals surface area contributed by atoms with Gasteiger partial charge >= 0.3 is 6.03 Å². The molecule has 0 saturated carbocycles. The molecule has 1 aromatic heterocycles. The number of urea groups is 1. The summed E-state index contributed by atoms with van der Waals surface area (Å²) in [7, 11) is 0. The SMILES string of the molecule is O=C(NC1C=NN2C=CC(N3CCC[C@@H]3c3cncc(F)c3)=NC12)N1CC[C@H](O)C1. The summed E-state index contributed by atoms with van der Waals surface area (Å²) >= 11 is 0. The van der Waals surface area contributed by atoms with E-state index in [1.54, 1.807) is 22.3 Å². The molecule has 4 aliphatic heterocycles. The minimum Gasteiger partial charge on any atom is -0.391 e. The van der Waals surface area contributed by atoms with Gasteiger partial charge in [0.2, 0.25) is 0 Å². The standard InChI is InChI=1S/C20H24FN7O2/c21-14-8-13(9-22-10-14)17-2-1-5-27(17)18-4-7-28-19(25-18)16(11-23-28)24-20(30)26-6-3-15(29)12-26/h4,7-11,15-17,19,29H,1-3,5-6,12H2,(H,24,30)/t15-,16?,17+,19?/m0/s1. The van der Waals surface area contributed by atoms with Gasteiger partial charge in [0.15, 0.2) is 6.17 Å². The number of aliphatic imine (C=N–C) groups is 1. The second-order valence-electron chi connectivity index (χ2n) is 8.01. The molecule has 2 saturated heterocycles. The summed E-state index contributed by atoms with van der Waals surface area (Å²) in [5.41, 5.74) is 0.839. The lowest BCUT2D eigenvalue weighted by Gasteiger charge is -2.32. The van der Waals surface area contributed by atoms with Gasteiger partial charge in [-0.05, 0) is 37.0 Å². The van der Waals surface area contributed by atoms with E-state index < -0.39 is 6.10 Å². The highest BCUT2D eigenvalue weighted by atomic mass is 19.1. The first-order valence-corrected chi connectivity index (χ1v) is 10.3. The number of nitrogens with one attached hydrogen (secondary N) is 1. The minimum absolute atomic E-state index is 0.0181. The van der Waals surface area contributed by atoms with Crippen LogP contribution in [0, 0.1) is 5.82 Å². The molecule has 0 aromatic carbocycles. The van der Waals surface area contributed by atoms with Crippen molar-refractivity contribution in [1.82, 2.24) is 25.1 Å². The molecule has 10 heteroatoms. The normalized spacial score (nSPS) is 30.1. The first kappa shape index (κ1) is 19.0. The van der Waals surface area contributed by atoms with Crippen LogP contribution in [0.4, 0.5) is 9.18 Å². The van der Waals surface area contributed by atoms with Crippen molar-refractivity contribution < 1.29 is 14.3 Å². The largest absolute Gasteiger partial charge is 0.391 e. The van der Waals surface area contributed by atoms with Crippen LogP contribution in [-0.2, 0) is 0 Å². The number of hydrogen-bond acceptors (Lipinski definition) is 7. The monoisotopic (exact) mass is 413 g/mol. The Hall–Kier alpha value is -3.01. The summed E-state index contributed by atoms with van der Waals surface area (Å²) in [5.74, 6) is 0.454. The summed E-state index contributed by atoms with van der Waals surface area (Å²) in [4.78, 5) is 25.2. The van der Waals surface area contributed by atoms with Gasteiger partial charge in [0.05, 0.1) is 24.6 Å². The van der Waals surface area contributed by atoms with E-state index in [9.17, 15) is 14.3 Å². The Kier molecular flexibility index (Phi) is 4.86. The van der Waals surface area contributed by atoms with E-state index in [2.05, 4.69) is 20.3 Å². The van der Waals surface area contributed by atoms with Gasteiger partial charge in [-0.3, -0.25) is 4.98 Å². The fraction of sp³-hybridized carbons (Fsp3) is 0.500. The van der Waals surface area contributed by atoms with Crippen LogP contribution in [0.5, 0.6) is 0 Å². The van der Waals surface area contributed by atoms with Gasteiger partial charge in [-0.2, -0.15) is 5.10 Å². The Balaban J connectivity index is 1.32. The number of aliphatic hydroxyl groups is 1. The van der Waals surface area contributed by atoms with Crippen LogP contribution >= 0.6 is 0 Å². The summed E-state index contributed by atoms with van der Waals surface area (Å²) in [6.07, 6.45) is 10.0. The quantitative estimate of drug-likeness (QED) is 0.756. The predicted octanol–water partition coefficient (Wildman–Crippen LogP) is 1.06. The van der Waals surface area contributed by atoms with Crippen molar-refractivity contribution in [2.24, 2.45) is 10.1 Å². The van der Waals surface area contributed by atoms with Crippen molar-refractivity contribution in [3.05, 3.63) is 42.1 Å². The highest BCUT2D eigenvalue weighted by molar-refractivity contribution is 5.95. The van der Waals surface area contributed by atoms with Crippen LogP contribution in [0.1, 0.15) is 30.9 Å². The third kappa shape index (κ3) is 3.51. The highest BCUT2D eigenvalue weighted by Gasteiger charge is 2.37. The molecule has 9 nitrogen and oxygen atoms in total. The van der Waals surface area contributed by atoms with Gasteiger partial charge in [0.25, 0.3) is 0 Å². The number of fused-ring (bicyclic) bond motifs is 1. The van der Waals surface area contributed by atoms with E-state index in [0.717, 1.165) is 30.8 Å². The van der Waals surface area contributed by atoms with Crippen LogP contribution in [-0.4, -0.2) is 80.9 Å². The number of aliphatic hydroxyl groups excluding tert-OH is 1. The summed E-state index contributed by atoms with van der Waals surface area (Å²) in [6.45, 7) is 1.70. The predicted molar refractivity (Wildman–Crippen MR) is 108 cm³/mol. The molecule has 158 valence electrons.